The minimum Gasteiger partial charge on any atom is -0.457 e. The Balaban J connectivity index is 1.45. The lowest BCUT2D eigenvalue weighted by Crippen LogP contribution is -2.04. The molecule has 2 N–H and O–H groups in total. The summed E-state index contributed by atoms with van der Waals surface area (Å²) in [5.41, 5.74) is 2.22. The Kier molecular flexibility index (Phi) is 5.43. The highest BCUT2D eigenvalue weighted by molar-refractivity contribution is 5.64. The Morgan fingerprint density at radius 1 is 0.867 bits per heavy atom. The van der Waals surface area contributed by atoms with E-state index in [2.05, 4.69) is 15.5 Å². The predicted molar refractivity (Wildman–Crippen MR) is 109 cm³/mol. The molecule has 0 atom stereocenters. The lowest BCUT2D eigenvalue weighted by atomic mass is 10.1. The number of hydrogen-bond acceptors (Lipinski definition) is 3. The summed E-state index contributed by atoms with van der Waals surface area (Å²) in [5.74, 6) is 1.44. The number of benzene rings is 3. The fourth-order valence-electron chi connectivity index (χ4n) is 3.01. The van der Waals surface area contributed by atoms with Crippen molar-refractivity contribution in [1.29, 1.82) is 0 Å². The van der Waals surface area contributed by atoms with Crippen molar-refractivity contribution in [2.45, 2.75) is 12.7 Å². The van der Waals surface area contributed by atoms with Gasteiger partial charge in [0.1, 0.15) is 11.5 Å². The minimum absolute atomic E-state index is 0.446. The van der Waals surface area contributed by atoms with Gasteiger partial charge in [-0.05, 0) is 36.4 Å². The molecule has 3 aromatic carbocycles. The monoisotopic (exact) mass is 409 g/mol. The standard InChI is InChI=1S/C23H18F3N3O/c24-23(25,26)18-11-9-16(10-12-18)22-17(15-28-29-22)14-27-19-5-4-8-21(13-19)30-20-6-2-1-3-7-20/h1-13,15,27H,14H2,(H,28,29). The van der Waals surface area contributed by atoms with Crippen LogP contribution >= 0.6 is 0 Å². The van der Waals surface area contributed by atoms with Crippen molar-refractivity contribution in [3.63, 3.8) is 0 Å². The van der Waals surface area contributed by atoms with Crippen molar-refractivity contribution in [3.05, 3.63) is 96.2 Å². The second-order valence-electron chi connectivity index (χ2n) is 6.63. The zero-order valence-electron chi connectivity index (χ0n) is 15.8. The second-order valence-corrected chi connectivity index (χ2v) is 6.63. The van der Waals surface area contributed by atoms with Gasteiger partial charge in [0.25, 0.3) is 0 Å². The van der Waals surface area contributed by atoms with E-state index in [-0.39, 0.29) is 0 Å². The second kappa shape index (κ2) is 8.32. The number of anilines is 1. The molecule has 4 nitrogen and oxygen atoms in total. The highest BCUT2D eigenvalue weighted by Crippen LogP contribution is 2.31. The minimum atomic E-state index is -4.36. The van der Waals surface area contributed by atoms with Crippen LogP contribution in [-0.4, -0.2) is 10.2 Å². The number of halogens is 3. The highest BCUT2D eigenvalue weighted by Gasteiger charge is 2.30. The number of nitrogens with one attached hydrogen (secondary N) is 2. The van der Waals surface area contributed by atoms with E-state index in [9.17, 15) is 13.2 Å². The largest absolute Gasteiger partial charge is 0.457 e. The Labute approximate surface area is 171 Å². The van der Waals surface area contributed by atoms with Crippen LogP contribution in [0.4, 0.5) is 18.9 Å². The molecule has 0 unspecified atom stereocenters. The fraction of sp³-hybridized carbons (Fsp3) is 0.0870. The van der Waals surface area contributed by atoms with Crippen LogP contribution in [0.1, 0.15) is 11.1 Å². The van der Waals surface area contributed by atoms with Crippen molar-refractivity contribution < 1.29 is 17.9 Å². The Hall–Kier alpha value is -3.74. The van der Waals surface area contributed by atoms with E-state index in [1.54, 1.807) is 6.20 Å². The van der Waals surface area contributed by atoms with Crippen LogP contribution in [0.5, 0.6) is 11.5 Å². The number of hydrogen-bond donors (Lipinski definition) is 2. The van der Waals surface area contributed by atoms with Gasteiger partial charge in [0.15, 0.2) is 0 Å². The number of rotatable bonds is 6. The van der Waals surface area contributed by atoms with Gasteiger partial charge in [-0.3, -0.25) is 5.10 Å². The van der Waals surface area contributed by atoms with Gasteiger partial charge in [0, 0.05) is 35.6 Å². The maximum absolute atomic E-state index is 12.8. The van der Waals surface area contributed by atoms with Gasteiger partial charge in [0.2, 0.25) is 0 Å². The molecule has 7 heteroatoms. The smallest absolute Gasteiger partial charge is 0.416 e. The first-order valence-electron chi connectivity index (χ1n) is 9.26. The van der Waals surface area contributed by atoms with Crippen LogP contribution in [0.2, 0.25) is 0 Å². The molecule has 4 aromatic rings. The molecule has 0 aliphatic heterocycles. The third kappa shape index (κ3) is 4.63. The summed E-state index contributed by atoms with van der Waals surface area (Å²) < 4.78 is 44.2. The van der Waals surface area contributed by atoms with Crippen molar-refractivity contribution >= 4 is 5.69 Å². The SMILES string of the molecule is FC(F)(F)c1ccc(-c2n[nH]cc2CNc2cccc(Oc3ccccc3)c2)cc1. The summed E-state index contributed by atoms with van der Waals surface area (Å²) in [5, 5.41) is 10.3. The maximum atomic E-state index is 12.8. The lowest BCUT2D eigenvalue weighted by molar-refractivity contribution is -0.137. The average molecular weight is 409 g/mol. The van der Waals surface area contributed by atoms with Gasteiger partial charge < -0.3 is 10.1 Å². The zero-order valence-corrected chi connectivity index (χ0v) is 15.8. The van der Waals surface area contributed by atoms with E-state index in [1.165, 1.54) is 12.1 Å². The Morgan fingerprint density at radius 2 is 1.60 bits per heavy atom. The number of aromatic amines is 1. The van der Waals surface area contributed by atoms with E-state index in [0.717, 1.165) is 29.1 Å². The molecule has 0 saturated carbocycles. The Morgan fingerprint density at radius 3 is 2.33 bits per heavy atom. The van der Waals surface area contributed by atoms with E-state index in [4.69, 9.17) is 4.74 Å². The molecular formula is C23H18F3N3O. The molecule has 0 saturated heterocycles. The van der Waals surface area contributed by atoms with E-state index < -0.39 is 11.7 Å². The molecule has 0 radical (unpaired) electrons. The number of ether oxygens (including phenoxy) is 1. The molecule has 0 aliphatic carbocycles. The molecule has 152 valence electrons. The van der Waals surface area contributed by atoms with Gasteiger partial charge in [-0.1, -0.05) is 36.4 Å². The lowest BCUT2D eigenvalue weighted by Gasteiger charge is -2.10. The molecule has 30 heavy (non-hydrogen) atoms. The Bertz CT molecular complexity index is 1110. The number of para-hydroxylation sites is 1. The van der Waals surface area contributed by atoms with Crippen molar-refractivity contribution in [2.24, 2.45) is 0 Å². The maximum Gasteiger partial charge on any atom is 0.416 e. The van der Waals surface area contributed by atoms with Gasteiger partial charge in [-0.15, -0.1) is 0 Å². The molecule has 0 amide bonds. The summed E-state index contributed by atoms with van der Waals surface area (Å²) >= 11 is 0. The van der Waals surface area contributed by atoms with Gasteiger partial charge in [-0.25, -0.2) is 0 Å². The third-order valence-electron chi connectivity index (χ3n) is 4.50. The van der Waals surface area contributed by atoms with Crippen molar-refractivity contribution in [1.82, 2.24) is 10.2 Å². The molecule has 0 spiro atoms. The predicted octanol–water partition coefficient (Wildman–Crippen LogP) is 6.50. The van der Waals surface area contributed by atoms with E-state index in [0.29, 0.717) is 23.6 Å². The normalized spacial score (nSPS) is 11.3. The van der Waals surface area contributed by atoms with Crippen LogP contribution in [0.15, 0.2) is 85.1 Å². The number of alkyl halides is 3. The van der Waals surface area contributed by atoms with Crippen molar-refractivity contribution in [3.8, 4) is 22.8 Å². The van der Waals surface area contributed by atoms with Crippen LogP contribution < -0.4 is 10.1 Å². The summed E-state index contributed by atoms with van der Waals surface area (Å²) in [6.45, 7) is 0.446. The molecule has 1 heterocycles. The van der Waals surface area contributed by atoms with Crippen molar-refractivity contribution in [2.75, 3.05) is 5.32 Å². The molecule has 4 rings (SSSR count). The quantitative estimate of drug-likeness (QED) is 0.382. The summed E-state index contributed by atoms with van der Waals surface area (Å²) in [4.78, 5) is 0. The van der Waals surface area contributed by atoms with Crippen LogP contribution in [0, 0.1) is 0 Å². The molecule has 0 fully saturated rings. The molecule has 1 aromatic heterocycles. The molecule has 0 aliphatic rings. The van der Waals surface area contributed by atoms with Crippen LogP contribution in [0.3, 0.4) is 0 Å². The number of aromatic nitrogens is 2. The molecular weight excluding hydrogens is 391 g/mol. The van der Waals surface area contributed by atoms with Gasteiger partial charge in [0.05, 0.1) is 11.3 Å². The summed E-state index contributed by atoms with van der Waals surface area (Å²) in [6, 6.07) is 22.0. The zero-order chi connectivity index (χ0) is 21.0. The van der Waals surface area contributed by atoms with Gasteiger partial charge in [-0.2, -0.15) is 18.3 Å². The first kappa shape index (κ1) is 19.6. The summed E-state index contributed by atoms with van der Waals surface area (Å²) in [6.07, 6.45) is -2.63. The summed E-state index contributed by atoms with van der Waals surface area (Å²) in [7, 11) is 0. The first-order chi connectivity index (χ1) is 14.5. The third-order valence-corrected chi connectivity index (χ3v) is 4.50. The van der Waals surface area contributed by atoms with E-state index in [1.807, 2.05) is 54.6 Å². The molecule has 0 bridgehead atoms. The fourth-order valence-corrected chi connectivity index (χ4v) is 3.01. The topological polar surface area (TPSA) is 49.9 Å². The number of H-pyrrole nitrogens is 1. The van der Waals surface area contributed by atoms with Crippen LogP contribution in [0.25, 0.3) is 11.3 Å². The van der Waals surface area contributed by atoms with E-state index >= 15 is 0 Å². The first-order valence-corrected chi connectivity index (χ1v) is 9.26. The average Bonchev–Trinajstić information content (AvgIpc) is 3.21. The number of nitrogens with zero attached hydrogens (tertiary/aromatic N) is 1. The van der Waals surface area contributed by atoms with Gasteiger partial charge >= 0.3 is 6.18 Å². The highest BCUT2D eigenvalue weighted by atomic mass is 19.4. The van der Waals surface area contributed by atoms with Crippen LogP contribution in [-0.2, 0) is 12.7 Å².